The Hall–Kier alpha value is -2.17. The van der Waals surface area contributed by atoms with Gasteiger partial charge in [-0.25, -0.2) is 4.98 Å². The number of nitrogens with two attached hydrogens (primary N) is 1. The summed E-state index contributed by atoms with van der Waals surface area (Å²) in [6.45, 7) is 0. The van der Waals surface area contributed by atoms with Crippen LogP contribution in [0.1, 0.15) is 16.2 Å². The molecule has 0 unspecified atom stereocenters. The van der Waals surface area contributed by atoms with Crippen LogP contribution >= 0.6 is 0 Å². The van der Waals surface area contributed by atoms with E-state index in [2.05, 4.69) is 10.1 Å². The topological polar surface area (TPSA) is 73.8 Å². The molecular weight excluding hydrogens is 192 g/mol. The number of ketones is 1. The molecule has 2 heterocycles. The minimum Gasteiger partial charge on any atom is -0.384 e. The van der Waals surface area contributed by atoms with Gasteiger partial charge in [0.15, 0.2) is 0 Å². The zero-order valence-electron chi connectivity index (χ0n) is 8.21. The summed E-state index contributed by atoms with van der Waals surface area (Å²) in [5, 5.41) is 3.92. The minimum absolute atomic E-state index is 0.178. The third-order valence-electron chi connectivity index (χ3n) is 2.06. The van der Waals surface area contributed by atoms with Gasteiger partial charge < -0.3 is 5.73 Å². The molecule has 2 rings (SSSR count). The number of rotatable bonds is 2. The van der Waals surface area contributed by atoms with Crippen LogP contribution < -0.4 is 5.73 Å². The van der Waals surface area contributed by atoms with Crippen molar-refractivity contribution < 1.29 is 4.79 Å². The normalized spacial score (nSPS) is 10.2. The van der Waals surface area contributed by atoms with Crippen molar-refractivity contribution in [2.75, 3.05) is 5.73 Å². The first-order chi connectivity index (χ1) is 7.18. The van der Waals surface area contributed by atoms with Crippen molar-refractivity contribution in [3.8, 4) is 0 Å². The first kappa shape index (κ1) is 9.39. The van der Waals surface area contributed by atoms with E-state index in [-0.39, 0.29) is 5.78 Å². The minimum atomic E-state index is -0.178. The van der Waals surface area contributed by atoms with Crippen molar-refractivity contribution in [2.24, 2.45) is 7.05 Å². The molecule has 0 saturated heterocycles. The molecule has 2 aromatic rings. The van der Waals surface area contributed by atoms with Crippen molar-refractivity contribution >= 4 is 11.6 Å². The molecular formula is C10H10N4O. The van der Waals surface area contributed by atoms with Gasteiger partial charge in [-0.1, -0.05) is 6.07 Å². The monoisotopic (exact) mass is 202 g/mol. The van der Waals surface area contributed by atoms with Crippen LogP contribution in [0, 0.1) is 0 Å². The summed E-state index contributed by atoms with van der Waals surface area (Å²) >= 11 is 0. The molecule has 15 heavy (non-hydrogen) atoms. The maximum atomic E-state index is 11.9. The summed E-state index contributed by atoms with van der Waals surface area (Å²) in [5.41, 5.74) is 6.33. The van der Waals surface area contributed by atoms with Gasteiger partial charge in [-0.15, -0.1) is 0 Å². The molecule has 5 heteroatoms. The lowest BCUT2D eigenvalue weighted by Gasteiger charge is -2.01. The van der Waals surface area contributed by atoms with Gasteiger partial charge in [-0.2, -0.15) is 5.10 Å². The molecule has 0 aliphatic heterocycles. The number of carbonyl (C=O) groups is 1. The van der Waals surface area contributed by atoms with Crippen LogP contribution in [-0.2, 0) is 7.05 Å². The van der Waals surface area contributed by atoms with Gasteiger partial charge in [0.05, 0.1) is 0 Å². The Morgan fingerprint density at radius 1 is 1.40 bits per heavy atom. The third kappa shape index (κ3) is 1.71. The molecule has 2 aromatic heterocycles. The summed E-state index contributed by atoms with van der Waals surface area (Å²) in [6, 6.07) is 6.62. The summed E-state index contributed by atoms with van der Waals surface area (Å²) in [6.07, 6.45) is 1.57. The number of anilines is 1. The van der Waals surface area contributed by atoms with Crippen LogP contribution in [0.2, 0.25) is 0 Å². The van der Waals surface area contributed by atoms with Crippen LogP contribution in [0.5, 0.6) is 0 Å². The highest BCUT2D eigenvalue weighted by molar-refractivity contribution is 6.06. The second-order valence-electron chi connectivity index (χ2n) is 3.12. The van der Waals surface area contributed by atoms with Crippen LogP contribution in [-0.4, -0.2) is 20.5 Å². The number of aromatic nitrogens is 3. The Morgan fingerprint density at radius 2 is 2.20 bits per heavy atom. The average Bonchev–Trinajstić information content (AvgIpc) is 2.63. The largest absolute Gasteiger partial charge is 0.384 e. The second kappa shape index (κ2) is 3.53. The molecule has 0 saturated carbocycles. The molecule has 0 aromatic carbocycles. The quantitative estimate of drug-likeness (QED) is 0.725. The maximum Gasteiger partial charge on any atom is 0.229 e. The van der Waals surface area contributed by atoms with E-state index in [9.17, 15) is 4.79 Å². The lowest BCUT2D eigenvalue weighted by atomic mass is 10.2. The number of hydrogen-bond acceptors (Lipinski definition) is 4. The number of aryl methyl sites for hydroxylation is 1. The van der Waals surface area contributed by atoms with E-state index < -0.39 is 0 Å². The summed E-state index contributed by atoms with van der Waals surface area (Å²) in [7, 11) is 1.71. The molecule has 0 amide bonds. The van der Waals surface area contributed by atoms with E-state index in [1.807, 2.05) is 0 Å². The molecule has 5 nitrogen and oxygen atoms in total. The number of nitrogens with zero attached hydrogens (tertiary/aromatic N) is 3. The molecule has 0 fully saturated rings. The number of carbonyl (C=O) groups excluding carboxylic acids is 1. The van der Waals surface area contributed by atoms with E-state index >= 15 is 0 Å². The second-order valence-corrected chi connectivity index (χ2v) is 3.12. The highest BCUT2D eigenvalue weighted by Gasteiger charge is 2.13. The molecule has 0 radical (unpaired) electrons. The van der Waals surface area contributed by atoms with Gasteiger partial charge in [-0.05, 0) is 18.2 Å². The number of pyridine rings is 1. The molecule has 2 N–H and O–H groups in total. The zero-order valence-corrected chi connectivity index (χ0v) is 8.21. The van der Waals surface area contributed by atoms with E-state index in [1.165, 1.54) is 4.68 Å². The smallest absolute Gasteiger partial charge is 0.229 e. The lowest BCUT2D eigenvalue weighted by molar-refractivity contribution is 0.102. The van der Waals surface area contributed by atoms with Crippen LogP contribution in [0.15, 0.2) is 30.5 Å². The van der Waals surface area contributed by atoms with Crippen LogP contribution in [0.25, 0.3) is 0 Å². The van der Waals surface area contributed by atoms with E-state index in [1.54, 1.807) is 37.5 Å². The number of hydrogen-bond donors (Lipinski definition) is 1. The van der Waals surface area contributed by atoms with Crippen molar-refractivity contribution in [3.63, 3.8) is 0 Å². The van der Waals surface area contributed by atoms with E-state index in [4.69, 9.17) is 5.73 Å². The van der Waals surface area contributed by atoms with Crippen molar-refractivity contribution in [1.29, 1.82) is 0 Å². The first-order valence-corrected chi connectivity index (χ1v) is 4.44. The predicted octanol–water partition coefficient (Wildman–Crippen LogP) is 0.628. The van der Waals surface area contributed by atoms with Crippen molar-refractivity contribution in [2.45, 2.75) is 0 Å². The SMILES string of the molecule is Cn1nccc1C(=O)c1cccc(N)n1. The van der Waals surface area contributed by atoms with Crippen LogP contribution in [0.3, 0.4) is 0 Å². The van der Waals surface area contributed by atoms with Gasteiger partial charge in [0.2, 0.25) is 5.78 Å². The fourth-order valence-corrected chi connectivity index (χ4v) is 1.31. The van der Waals surface area contributed by atoms with Gasteiger partial charge in [-0.3, -0.25) is 9.48 Å². The van der Waals surface area contributed by atoms with E-state index in [0.29, 0.717) is 17.2 Å². The third-order valence-corrected chi connectivity index (χ3v) is 2.06. The molecule has 0 spiro atoms. The lowest BCUT2D eigenvalue weighted by Crippen LogP contribution is -2.10. The first-order valence-electron chi connectivity index (χ1n) is 4.44. The molecule has 0 bridgehead atoms. The summed E-state index contributed by atoms with van der Waals surface area (Å²) in [4.78, 5) is 15.9. The van der Waals surface area contributed by atoms with Gasteiger partial charge in [0.25, 0.3) is 0 Å². The standard InChI is InChI=1S/C10H10N4O/c1-14-8(5-6-12-14)10(15)7-3-2-4-9(11)13-7/h2-6H,1H3,(H2,11,13). The van der Waals surface area contributed by atoms with Crippen molar-refractivity contribution in [3.05, 3.63) is 41.9 Å². The zero-order chi connectivity index (χ0) is 10.8. The maximum absolute atomic E-state index is 11.9. The fraction of sp³-hybridized carbons (Fsp3) is 0.100. The summed E-state index contributed by atoms with van der Waals surface area (Å²) < 4.78 is 1.51. The highest BCUT2D eigenvalue weighted by atomic mass is 16.1. The highest BCUT2D eigenvalue weighted by Crippen LogP contribution is 2.07. The molecule has 0 aliphatic rings. The molecule has 0 atom stereocenters. The Morgan fingerprint density at radius 3 is 2.80 bits per heavy atom. The predicted molar refractivity (Wildman–Crippen MR) is 55.3 cm³/mol. The Labute approximate surface area is 86.5 Å². The Bertz CT molecular complexity index is 504. The van der Waals surface area contributed by atoms with Gasteiger partial charge in [0, 0.05) is 13.2 Å². The van der Waals surface area contributed by atoms with Crippen LogP contribution in [0.4, 0.5) is 5.82 Å². The fourth-order valence-electron chi connectivity index (χ4n) is 1.31. The molecule has 0 aliphatic carbocycles. The Kier molecular flexibility index (Phi) is 2.21. The van der Waals surface area contributed by atoms with Gasteiger partial charge >= 0.3 is 0 Å². The average molecular weight is 202 g/mol. The number of nitrogen functional groups attached to an aromatic ring is 1. The van der Waals surface area contributed by atoms with E-state index in [0.717, 1.165) is 0 Å². The van der Waals surface area contributed by atoms with Gasteiger partial charge in [0.1, 0.15) is 17.2 Å². The Balaban J connectivity index is 2.41. The van der Waals surface area contributed by atoms with Crippen molar-refractivity contribution in [1.82, 2.24) is 14.8 Å². The molecule has 76 valence electrons. The summed E-state index contributed by atoms with van der Waals surface area (Å²) in [5.74, 6) is 0.158.